The number of benzene rings is 1. The Morgan fingerprint density at radius 3 is 2.67 bits per heavy atom. The van der Waals surface area contributed by atoms with Crippen LogP contribution in [-0.2, 0) is 9.63 Å². The highest BCUT2D eigenvalue weighted by Gasteiger charge is 2.21. The highest BCUT2D eigenvalue weighted by Crippen LogP contribution is 2.15. The maximum Gasteiger partial charge on any atom is 0.251 e. The molecule has 2 heterocycles. The minimum absolute atomic E-state index is 0.0319. The van der Waals surface area contributed by atoms with Gasteiger partial charge in [0.05, 0.1) is 0 Å². The van der Waals surface area contributed by atoms with Crippen LogP contribution in [0.5, 0.6) is 0 Å². The van der Waals surface area contributed by atoms with Crippen LogP contribution in [0.4, 0.5) is 5.69 Å². The van der Waals surface area contributed by atoms with Crippen molar-refractivity contribution in [1.29, 1.82) is 0 Å². The molecule has 0 spiro atoms. The monoisotopic (exact) mass is 330 g/mol. The number of carbonyl (C=O) groups is 1. The summed E-state index contributed by atoms with van der Waals surface area (Å²) in [6.07, 6.45) is 4.38. The van der Waals surface area contributed by atoms with Crippen LogP contribution in [0.15, 0.2) is 35.3 Å². The van der Waals surface area contributed by atoms with Gasteiger partial charge in [0, 0.05) is 44.8 Å². The van der Waals surface area contributed by atoms with Crippen LogP contribution in [0.3, 0.4) is 0 Å². The number of hydroxylamine groups is 1. The quantitative estimate of drug-likeness (QED) is 0.856. The zero-order valence-electron chi connectivity index (χ0n) is 14.1. The van der Waals surface area contributed by atoms with E-state index in [2.05, 4.69) is 27.5 Å². The second-order valence-electron chi connectivity index (χ2n) is 6.23. The van der Waals surface area contributed by atoms with E-state index in [0.29, 0.717) is 0 Å². The van der Waals surface area contributed by atoms with E-state index in [4.69, 9.17) is 4.84 Å². The number of nitrogens with one attached hydrogen (secondary N) is 1. The van der Waals surface area contributed by atoms with Crippen LogP contribution in [0.25, 0.3) is 0 Å². The molecule has 24 heavy (non-hydrogen) atoms. The minimum atomic E-state index is 0.0319. The first-order valence-corrected chi connectivity index (χ1v) is 8.82. The van der Waals surface area contributed by atoms with Crippen molar-refractivity contribution in [2.45, 2.75) is 25.7 Å². The van der Waals surface area contributed by atoms with Crippen molar-refractivity contribution in [2.75, 3.05) is 44.2 Å². The largest absolute Gasteiger partial charge is 0.368 e. The van der Waals surface area contributed by atoms with Crippen molar-refractivity contribution >= 4 is 17.4 Å². The van der Waals surface area contributed by atoms with Crippen molar-refractivity contribution in [3.8, 4) is 0 Å². The predicted octanol–water partition coefficient (Wildman–Crippen LogP) is 1.83. The summed E-state index contributed by atoms with van der Waals surface area (Å²) in [5, 5.41) is 0. The molecule has 0 bridgehead atoms. The summed E-state index contributed by atoms with van der Waals surface area (Å²) in [6.45, 7) is 4.09. The Bertz CT molecular complexity index is 553. The third-order valence-corrected chi connectivity index (χ3v) is 4.51. The number of piperazine rings is 1. The van der Waals surface area contributed by atoms with Gasteiger partial charge in [-0.2, -0.15) is 0 Å². The maximum absolute atomic E-state index is 12.3. The number of amides is 1. The van der Waals surface area contributed by atoms with Gasteiger partial charge in [0.25, 0.3) is 5.91 Å². The van der Waals surface area contributed by atoms with Crippen LogP contribution in [0, 0.1) is 0 Å². The lowest BCUT2D eigenvalue weighted by Gasteiger charge is -2.36. The molecule has 1 aromatic carbocycles. The molecule has 1 N–H and O–H groups in total. The Kier molecular flexibility index (Phi) is 6.07. The van der Waals surface area contributed by atoms with E-state index in [0.717, 1.165) is 57.8 Å². The Hall–Kier alpha value is -2.08. The summed E-state index contributed by atoms with van der Waals surface area (Å²) in [7, 11) is 0. The molecule has 6 heteroatoms. The van der Waals surface area contributed by atoms with Crippen molar-refractivity contribution in [3.05, 3.63) is 30.3 Å². The van der Waals surface area contributed by atoms with Crippen molar-refractivity contribution in [1.82, 2.24) is 10.4 Å². The lowest BCUT2D eigenvalue weighted by molar-refractivity contribution is -0.137. The van der Waals surface area contributed by atoms with Gasteiger partial charge in [0.15, 0.2) is 6.61 Å². The first-order chi connectivity index (χ1) is 11.8. The highest BCUT2D eigenvalue weighted by molar-refractivity contribution is 5.82. The number of anilines is 1. The van der Waals surface area contributed by atoms with E-state index in [9.17, 15) is 4.79 Å². The fourth-order valence-electron chi connectivity index (χ4n) is 3.08. The maximum atomic E-state index is 12.3. The molecule has 0 aliphatic carbocycles. The molecular formula is C18H26N4O2. The summed E-state index contributed by atoms with van der Waals surface area (Å²) >= 11 is 0. The summed E-state index contributed by atoms with van der Waals surface area (Å²) in [6, 6.07) is 10.3. The fourth-order valence-corrected chi connectivity index (χ4v) is 3.08. The van der Waals surface area contributed by atoms with E-state index < -0.39 is 0 Å². The topological polar surface area (TPSA) is 57.2 Å². The first-order valence-electron chi connectivity index (χ1n) is 8.82. The Balaban J connectivity index is 1.38. The molecule has 0 atom stereocenters. The zero-order chi connectivity index (χ0) is 16.6. The molecule has 1 amide bonds. The van der Waals surface area contributed by atoms with Gasteiger partial charge in [-0.15, -0.1) is 0 Å². The van der Waals surface area contributed by atoms with Crippen LogP contribution in [-0.4, -0.2) is 56.0 Å². The molecule has 0 radical (unpaired) electrons. The standard InChI is InChI=1S/C18H26N4O2/c23-18(15-24-20-17-9-5-2-6-10-19-17)22-13-11-21(12-14-22)16-7-3-1-4-8-16/h1,3-4,7-8H,2,5-6,9-15H2,(H,19,20). The van der Waals surface area contributed by atoms with Gasteiger partial charge in [0.1, 0.15) is 5.84 Å². The molecule has 6 nitrogen and oxygen atoms in total. The number of hydrogen-bond acceptors (Lipinski definition) is 5. The summed E-state index contributed by atoms with van der Waals surface area (Å²) in [5.41, 5.74) is 4.07. The van der Waals surface area contributed by atoms with E-state index in [-0.39, 0.29) is 12.5 Å². The average Bonchev–Trinajstić information content (AvgIpc) is 2.91. The number of aliphatic imine (C=N–C) groups is 1. The normalized spacial score (nSPS) is 18.8. The number of para-hydroxylation sites is 1. The van der Waals surface area contributed by atoms with E-state index in [1.165, 1.54) is 12.1 Å². The molecular weight excluding hydrogens is 304 g/mol. The molecule has 1 fully saturated rings. The number of rotatable bonds is 4. The molecule has 0 saturated carbocycles. The average molecular weight is 330 g/mol. The van der Waals surface area contributed by atoms with Gasteiger partial charge in [0.2, 0.25) is 0 Å². The lowest BCUT2D eigenvalue weighted by Crippen LogP contribution is -2.50. The van der Waals surface area contributed by atoms with Crippen LogP contribution in [0.2, 0.25) is 0 Å². The van der Waals surface area contributed by atoms with Crippen LogP contribution in [0.1, 0.15) is 25.7 Å². The van der Waals surface area contributed by atoms with Crippen molar-refractivity contribution in [2.24, 2.45) is 4.99 Å². The smallest absolute Gasteiger partial charge is 0.251 e. The minimum Gasteiger partial charge on any atom is -0.368 e. The van der Waals surface area contributed by atoms with Crippen molar-refractivity contribution < 1.29 is 9.63 Å². The molecule has 0 unspecified atom stereocenters. The fraction of sp³-hybridized carbons (Fsp3) is 0.556. The van der Waals surface area contributed by atoms with E-state index in [1.807, 2.05) is 23.1 Å². The van der Waals surface area contributed by atoms with Gasteiger partial charge >= 0.3 is 0 Å². The molecule has 2 aliphatic rings. The zero-order valence-corrected chi connectivity index (χ0v) is 14.1. The Morgan fingerprint density at radius 2 is 1.88 bits per heavy atom. The summed E-state index contributed by atoms with van der Waals surface area (Å²) in [5.74, 6) is 0.902. The Morgan fingerprint density at radius 1 is 1.08 bits per heavy atom. The molecule has 130 valence electrons. The second kappa shape index (κ2) is 8.68. The third-order valence-electron chi connectivity index (χ3n) is 4.51. The third kappa shape index (κ3) is 4.71. The van der Waals surface area contributed by atoms with Crippen LogP contribution >= 0.6 is 0 Å². The number of carbonyl (C=O) groups excluding carboxylic acids is 1. The van der Waals surface area contributed by atoms with Gasteiger partial charge in [-0.05, 0) is 25.0 Å². The van der Waals surface area contributed by atoms with Gasteiger partial charge in [-0.1, -0.05) is 24.6 Å². The van der Waals surface area contributed by atoms with Gasteiger partial charge in [-0.3, -0.25) is 20.1 Å². The second-order valence-corrected chi connectivity index (χ2v) is 6.23. The van der Waals surface area contributed by atoms with Crippen molar-refractivity contribution in [3.63, 3.8) is 0 Å². The van der Waals surface area contributed by atoms with E-state index >= 15 is 0 Å². The highest BCUT2D eigenvalue weighted by atomic mass is 16.6. The number of amidine groups is 1. The molecule has 1 aromatic rings. The van der Waals surface area contributed by atoms with E-state index in [1.54, 1.807) is 0 Å². The molecule has 2 aliphatic heterocycles. The predicted molar refractivity (Wildman–Crippen MR) is 95.1 cm³/mol. The SMILES string of the molecule is O=C(CONC1=NCCCCC1)N1CCN(c2ccccc2)CC1. The summed E-state index contributed by atoms with van der Waals surface area (Å²) < 4.78 is 0. The number of nitrogens with zero attached hydrogens (tertiary/aromatic N) is 3. The first kappa shape index (κ1) is 16.8. The Labute approximate surface area is 143 Å². The molecule has 3 rings (SSSR count). The lowest BCUT2D eigenvalue weighted by atomic mass is 10.2. The van der Waals surface area contributed by atoms with Gasteiger partial charge in [-0.25, -0.2) is 0 Å². The van der Waals surface area contributed by atoms with Gasteiger partial charge < -0.3 is 9.80 Å². The van der Waals surface area contributed by atoms with Crippen LogP contribution < -0.4 is 10.4 Å². The number of hydrogen-bond donors (Lipinski definition) is 1. The molecule has 0 aromatic heterocycles. The molecule has 1 saturated heterocycles. The summed E-state index contributed by atoms with van der Waals surface area (Å²) in [4.78, 5) is 26.2.